The van der Waals surface area contributed by atoms with Gasteiger partial charge in [-0.3, -0.25) is 9.48 Å². The Morgan fingerprint density at radius 3 is 2.74 bits per heavy atom. The van der Waals surface area contributed by atoms with Gasteiger partial charge in [0.15, 0.2) is 0 Å². The van der Waals surface area contributed by atoms with Crippen molar-refractivity contribution in [2.24, 2.45) is 0 Å². The quantitative estimate of drug-likeness (QED) is 0.883. The van der Waals surface area contributed by atoms with Gasteiger partial charge in [0.1, 0.15) is 0 Å². The fourth-order valence-corrected chi connectivity index (χ4v) is 2.05. The molecular weight excluding hydrogens is 242 g/mol. The summed E-state index contributed by atoms with van der Waals surface area (Å²) in [6.45, 7) is 4.65. The molecule has 0 aliphatic heterocycles. The minimum Gasteiger partial charge on any atom is -0.397 e. The summed E-state index contributed by atoms with van der Waals surface area (Å²) >= 11 is 0. The van der Waals surface area contributed by atoms with Crippen LogP contribution in [0.3, 0.4) is 0 Å². The fraction of sp³-hybridized carbons (Fsp3) is 0.462. The van der Waals surface area contributed by atoms with Crippen molar-refractivity contribution in [2.75, 3.05) is 5.73 Å². The Balaban J connectivity index is 2.18. The maximum atomic E-state index is 11.7. The Morgan fingerprint density at radius 1 is 1.37 bits per heavy atom. The van der Waals surface area contributed by atoms with Crippen LogP contribution in [0.2, 0.25) is 0 Å². The molecule has 19 heavy (non-hydrogen) atoms. The van der Waals surface area contributed by atoms with Crippen LogP contribution in [-0.2, 0) is 6.54 Å². The summed E-state index contributed by atoms with van der Waals surface area (Å²) in [5.41, 5.74) is 6.50. The average Bonchev–Trinajstić information content (AvgIpc) is 2.83. The molecule has 0 aliphatic carbocycles. The molecule has 0 fully saturated rings. The number of aromatic nitrogens is 4. The molecule has 0 bridgehead atoms. The van der Waals surface area contributed by atoms with Gasteiger partial charge in [-0.1, -0.05) is 13.8 Å². The summed E-state index contributed by atoms with van der Waals surface area (Å²) in [5.74, 6) is 0. The van der Waals surface area contributed by atoms with Gasteiger partial charge in [-0.15, -0.1) is 0 Å². The van der Waals surface area contributed by atoms with E-state index < -0.39 is 0 Å². The second-order valence-corrected chi connectivity index (χ2v) is 4.54. The van der Waals surface area contributed by atoms with Gasteiger partial charge >= 0.3 is 0 Å². The van der Waals surface area contributed by atoms with E-state index in [4.69, 9.17) is 5.73 Å². The highest BCUT2D eigenvalue weighted by atomic mass is 16.1. The molecule has 2 aromatic rings. The summed E-state index contributed by atoms with van der Waals surface area (Å²) in [4.78, 5) is 11.7. The van der Waals surface area contributed by atoms with Crippen molar-refractivity contribution in [3.05, 3.63) is 40.6 Å². The fourth-order valence-electron chi connectivity index (χ4n) is 2.05. The van der Waals surface area contributed by atoms with Crippen LogP contribution in [0.25, 0.3) is 0 Å². The maximum Gasteiger partial charge on any atom is 0.269 e. The van der Waals surface area contributed by atoms with Crippen molar-refractivity contribution in [2.45, 2.75) is 39.3 Å². The Morgan fingerprint density at radius 2 is 2.11 bits per heavy atom. The standard InChI is InChI=1S/C13H19N5O/c1-3-12(4-2)17-6-5-11(16-17)9-18-13(19)7-10(14)8-15-18/h5-8,12H,3-4,9,14H2,1-2H3. The molecule has 0 amide bonds. The van der Waals surface area contributed by atoms with Crippen molar-refractivity contribution in [1.29, 1.82) is 0 Å². The van der Waals surface area contributed by atoms with Gasteiger partial charge in [-0.05, 0) is 18.9 Å². The van der Waals surface area contributed by atoms with Crippen molar-refractivity contribution >= 4 is 5.69 Å². The van der Waals surface area contributed by atoms with Crippen molar-refractivity contribution in [3.63, 3.8) is 0 Å². The zero-order valence-corrected chi connectivity index (χ0v) is 11.3. The minimum atomic E-state index is -0.211. The molecule has 2 heterocycles. The molecule has 2 N–H and O–H groups in total. The topological polar surface area (TPSA) is 78.7 Å². The van der Waals surface area contributed by atoms with Gasteiger partial charge in [-0.2, -0.15) is 10.2 Å². The van der Waals surface area contributed by atoms with E-state index in [1.165, 1.54) is 16.9 Å². The Hall–Kier alpha value is -2.11. The minimum absolute atomic E-state index is 0.211. The molecule has 0 unspecified atom stereocenters. The van der Waals surface area contributed by atoms with E-state index in [1.54, 1.807) is 0 Å². The van der Waals surface area contributed by atoms with Gasteiger partial charge < -0.3 is 5.73 Å². The normalized spacial score (nSPS) is 11.1. The zero-order valence-electron chi connectivity index (χ0n) is 11.3. The lowest BCUT2D eigenvalue weighted by Crippen LogP contribution is -2.23. The third kappa shape index (κ3) is 3.01. The van der Waals surface area contributed by atoms with Crippen LogP contribution in [0.1, 0.15) is 38.4 Å². The lowest BCUT2D eigenvalue weighted by molar-refractivity contribution is 0.423. The van der Waals surface area contributed by atoms with E-state index >= 15 is 0 Å². The van der Waals surface area contributed by atoms with Crippen LogP contribution < -0.4 is 11.3 Å². The van der Waals surface area contributed by atoms with E-state index in [-0.39, 0.29) is 5.56 Å². The average molecular weight is 261 g/mol. The highest BCUT2D eigenvalue weighted by molar-refractivity contribution is 5.31. The molecule has 0 aliphatic rings. The summed E-state index contributed by atoms with van der Waals surface area (Å²) in [5, 5.41) is 8.49. The largest absolute Gasteiger partial charge is 0.397 e. The zero-order chi connectivity index (χ0) is 13.8. The molecule has 6 nitrogen and oxygen atoms in total. The summed E-state index contributed by atoms with van der Waals surface area (Å²) in [6, 6.07) is 3.69. The smallest absolute Gasteiger partial charge is 0.269 e. The van der Waals surface area contributed by atoms with Crippen molar-refractivity contribution in [1.82, 2.24) is 19.6 Å². The third-order valence-corrected chi connectivity index (χ3v) is 3.18. The molecule has 6 heteroatoms. The van der Waals surface area contributed by atoms with Gasteiger partial charge in [-0.25, -0.2) is 4.68 Å². The van der Waals surface area contributed by atoms with E-state index in [2.05, 4.69) is 24.0 Å². The molecule has 0 spiro atoms. The van der Waals surface area contributed by atoms with Crippen LogP contribution >= 0.6 is 0 Å². The lowest BCUT2D eigenvalue weighted by Gasteiger charge is -2.12. The number of anilines is 1. The molecule has 0 atom stereocenters. The first-order valence-corrected chi connectivity index (χ1v) is 6.50. The predicted octanol–water partition coefficient (Wildman–Crippen LogP) is 1.43. The van der Waals surface area contributed by atoms with Crippen LogP contribution in [0, 0.1) is 0 Å². The van der Waals surface area contributed by atoms with Gasteiger partial charge in [0.25, 0.3) is 5.56 Å². The SMILES string of the molecule is CCC(CC)n1ccc(Cn2ncc(N)cc2=O)n1. The maximum absolute atomic E-state index is 11.7. The highest BCUT2D eigenvalue weighted by Gasteiger charge is 2.09. The molecule has 102 valence electrons. The van der Waals surface area contributed by atoms with Crippen LogP contribution in [0.15, 0.2) is 29.3 Å². The van der Waals surface area contributed by atoms with E-state index in [0.717, 1.165) is 18.5 Å². The summed E-state index contributed by atoms with van der Waals surface area (Å²) < 4.78 is 3.31. The number of nitrogens with two attached hydrogens (primary N) is 1. The molecule has 0 radical (unpaired) electrons. The number of nitrogens with zero attached hydrogens (tertiary/aromatic N) is 4. The van der Waals surface area contributed by atoms with Crippen LogP contribution in [-0.4, -0.2) is 19.6 Å². The van der Waals surface area contributed by atoms with Crippen molar-refractivity contribution in [3.8, 4) is 0 Å². The second kappa shape index (κ2) is 5.69. The molecule has 2 rings (SSSR count). The molecule has 0 saturated heterocycles. The van der Waals surface area contributed by atoms with E-state index in [9.17, 15) is 4.79 Å². The van der Waals surface area contributed by atoms with Gasteiger partial charge in [0.05, 0.1) is 30.2 Å². The monoisotopic (exact) mass is 261 g/mol. The summed E-state index contributed by atoms with van der Waals surface area (Å²) in [7, 11) is 0. The first-order chi connectivity index (χ1) is 9.13. The molecular formula is C13H19N5O. The number of nitrogen functional groups attached to an aromatic ring is 1. The predicted molar refractivity (Wildman–Crippen MR) is 73.9 cm³/mol. The molecule has 0 saturated carbocycles. The van der Waals surface area contributed by atoms with Crippen LogP contribution in [0.5, 0.6) is 0 Å². The van der Waals surface area contributed by atoms with E-state index in [1.807, 2.05) is 16.9 Å². The van der Waals surface area contributed by atoms with Gasteiger partial charge in [0.2, 0.25) is 0 Å². The second-order valence-electron chi connectivity index (χ2n) is 4.54. The first-order valence-electron chi connectivity index (χ1n) is 6.50. The molecule has 2 aromatic heterocycles. The number of hydrogen-bond acceptors (Lipinski definition) is 4. The number of rotatable bonds is 5. The lowest BCUT2D eigenvalue weighted by atomic mass is 10.2. The van der Waals surface area contributed by atoms with Crippen molar-refractivity contribution < 1.29 is 0 Å². The third-order valence-electron chi connectivity index (χ3n) is 3.18. The summed E-state index contributed by atoms with van der Waals surface area (Å²) in [6.07, 6.45) is 5.50. The Kier molecular flexibility index (Phi) is 3.99. The number of hydrogen-bond donors (Lipinski definition) is 1. The first kappa shape index (κ1) is 13.3. The highest BCUT2D eigenvalue weighted by Crippen LogP contribution is 2.14. The van der Waals surface area contributed by atoms with E-state index in [0.29, 0.717) is 18.3 Å². The van der Waals surface area contributed by atoms with Crippen LogP contribution in [0.4, 0.5) is 5.69 Å². The van der Waals surface area contributed by atoms with Gasteiger partial charge in [0, 0.05) is 12.3 Å². The Bertz CT molecular complexity index is 597. The molecule has 0 aromatic carbocycles. The Labute approximate surface area is 111 Å².